The van der Waals surface area contributed by atoms with Crippen LogP contribution in [0.4, 0.5) is 0 Å². The Labute approximate surface area is 118 Å². The zero-order valence-electron chi connectivity index (χ0n) is 12.8. The second-order valence-electron chi connectivity index (χ2n) is 7.37. The lowest BCUT2D eigenvalue weighted by Gasteiger charge is -2.47. The normalized spacial score (nSPS) is 36.9. The van der Waals surface area contributed by atoms with Gasteiger partial charge < -0.3 is 10.1 Å². The second-order valence-corrected chi connectivity index (χ2v) is 7.37. The van der Waals surface area contributed by atoms with Gasteiger partial charge in [0.05, 0.1) is 12.7 Å². The molecule has 3 nitrogen and oxygen atoms in total. The van der Waals surface area contributed by atoms with Crippen LogP contribution in [0.3, 0.4) is 0 Å². The molecule has 0 aromatic carbocycles. The molecule has 1 aliphatic heterocycles. The van der Waals surface area contributed by atoms with Crippen molar-refractivity contribution < 1.29 is 4.74 Å². The third kappa shape index (κ3) is 3.32. The molecule has 0 amide bonds. The number of nitrogens with one attached hydrogen (secondary N) is 1. The van der Waals surface area contributed by atoms with Gasteiger partial charge in [-0.25, -0.2) is 0 Å². The first-order valence-electron chi connectivity index (χ1n) is 8.19. The molecule has 3 fully saturated rings. The number of rotatable bonds is 6. The number of piperazine rings is 1. The average molecular weight is 266 g/mol. The smallest absolute Gasteiger partial charge is 0.0597 e. The van der Waals surface area contributed by atoms with Crippen LogP contribution in [0, 0.1) is 11.8 Å². The Bertz CT molecular complexity index is 312. The molecule has 3 aliphatic rings. The van der Waals surface area contributed by atoms with Gasteiger partial charge in [-0.15, -0.1) is 0 Å². The van der Waals surface area contributed by atoms with E-state index in [-0.39, 0.29) is 0 Å². The van der Waals surface area contributed by atoms with E-state index in [0.29, 0.717) is 11.6 Å². The molecular formula is C16H30N2O. The van der Waals surface area contributed by atoms with E-state index in [1.165, 1.54) is 38.8 Å². The molecule has 3 heteroatoms. The lowest BCUT2D eigenvalue weighted by molar-refractivity contribution is 0.0144. The first-order chi connectivity index (χ1) is 9.08. The van der Waals surface area contributed by atoms with E-state index < -0.39 is 0 Å². The Kier molecular flexibility index (Phi) is 3.89. The van der Waals surface area contributed by atoms with Gasteiger partial charge in [-0.3, -0.25) is 4.90 Å². The summed E-state index contributed by atoms with van der Waals surface area (Å²) in [5.74, 6) is 1.87. The molecule has 0 aromatic rings. The van der Waals surface area contributed by atoms with Crippen LogP contribution < -0.4 is 5.32 Å². The van der Waals surface area contributed by atoms with Crippen molar-refractivity contribution in [1.82, 2.24) is 10.2 Å². The fourth-order valence-corrected chi connectivity index (χ4v) is 3.65. The Morgan fingerprint density at radius 1 is 1.26 bits per heavy atom. The Balaban J connectivity index is 1.57. The van der Waals surface area contributed by atoms with Crippen LogP contribution in [0.1, 0.15) is 46.5 Å². The summed E-state index contributed by atoms with van der Waals surface area (Å²) in [5, 5.41) is 3.88. The maximum Gasteiger partial charge on any atom is 0.0597 e. The van der Waals surface area contributed by atoms with Crippen molar-refractivity contribution in [2.24, 2.45) is 11.8 Å². The number of hydrogen-bond acceptors (Lipinski definition) is 3. The number of nitrogens with zero attached hydrogens (tertiary/aromatic N) is 1. The molecule has 0 radical (unpaired) electrons. The summed E-state index contributed by atoms with van der Waals surface area (Å²) in [7, 11) is 0. The summed E-state index contributed by atoms with van der Waals surface area (Å²) in [6.07, 6.45) is 6.08. The molecule has 1 saturated heterocycles. The topological polar surface area (TPSA) is 24.5 Å². The van der Waals surface area contributed by atoms with E-state index in [1.54, 1.807) is 0 Å². The summed E-state index contributed by atoms with van der Waals surface area (Å²) < 4.78 is 5.78. The van der Waals surface area contributed by atoms with Crippen molar-refractivity contribution in [2.45, 2.75) is 64.1 Å². The second kappa shape index (κ2) is 5.34. The van der Waals surface area contributed by atoms with Crippen molar-refractivity contribution in [3.63, 3.8) is 0 Å². The van der Waals surface area contributed by atoms with Crippen molar-refractivity contribution in [2.75, 3.05) is 26.2 Å². The molecule has 1 N–H and O–H groups in total. The van der Waals surface area contributed by atoms with Crippen molar-refractivity contribution in [3.05, 3.63) is 0 Å². The standard InChI is InChI=1S/C16H30N2O/c1-12(2)19-9-8-18-11-16(3,14-6-7-14)17-10-15(18)13-4-5-13/h12-15,17H,4-11H2,1-3H3. The minimum Gasteiger partial charge on any atom is -0.377 e. The molecule has 1 heterocycles. The minimum absolute atomic E-state index is 0.358. The maximum absolute atomic E-state index is 5.78. The van der Waals surface area contributed by atoms with Crippen molar-refractivity contribution in [3.8, 4) is 0 Å². The van der Waals surface area contributed by atoms with Gasteiger partial charge in [0.15, 0.2) is 0 Å². The number of hydrogen-bond donors (Lipinski definition) is 1. The molecule has 3 rings (SSSR count). The third-order valence-corrected chi connectivity index (χ3v) is 5.19. The largest absolute Gasteiger partial charge is 0.377 e. The highest BCUT2D eigenvalue weighted by Crippen LogP contribution is 2.44. The summed E-state index contributed by atoms with van der Waals surface area (Å²) in [6, 6.07) is 0.766. The summed E-state index contributed by atoms with van der Waals surface area (Å²) >= 11 is 0. The van der Waals surface area contributed by atoms with Crippen LogP contribution in [0.5, 0.6) is 0 Å². The van der Waals surface area contributed by atoms with Gasteiger partial charge in [-0.05, 0) is 58.3 Å². The van der Waals surface area contributed by atoms with Crippen molar-refractivity contribution >= 4 is 0 Å². The zero-order valence-corrected chi connectivity index (χ0v) is 12.8. The number of ether oxygens (including phenoxy) is 1. The van der Waals surface area contributed by atoms with Crippen LogP contribution in [0.2, 0.25) is 0 Å². The minimum atomic E-state index is 0.358. The summed E-state index contributed by atoms with van der Waals surface area (Å²) in [5.41, 5.74) is 0.364. The highest BCUT2D eigenvalue weighted by Gasteiger charge is 2.48. The molecular weight excluding hydrogens is 236 g/mol. The van der Waals surface area contributed by atoms with Gasteiger partial charge in [0.1, 0.15) is 0 Å². The SMILES string of the molecule is CC(C)OCCN1CC(C)(C2CC2)NCC1C1CC1. The Morgan fingerprint density at radius 3 is 2.58 bits per heavy atom. The Morgan fingerprint density at radius 2 is 2.00 bits per heavy atom. The monoisotopic (exact) mass is 266 g/mol. The van der Waals surface area contributed by atoms with Crippen LogP contribution in [-0.2, 0) is 4.74 Å². The highest BCUT2D eigenvalue weighted by atomic mass is 16.5. The van der Waals surface area contributed by atoms with Gasteiger partial charge >= 0.3 is 0 Å². The zero-order chi connectivity index (χ0) is 13.5. The van der Waals surface area contributed by atoms with E-state index in [0.717, 1.165) is 31.0 Å². The lowest BCUT2D eigenvalue weighted by atomic mass is 9.90. The molecule has 19 heavy (non-hydrogen) atoms. The van der Waals surface area contributed by atoms with Gasteiger partial charge in [-0.1, -0.05) is 0 Å². The molecule has 2 aliphatic carbocycles. The molecule has 2 unspecified atom stereocenters. The fourth-order valence-electron chi connectivity index (χ4n) is 3.65. The van der Waals surface area contributed by atoms with Gasteiger partial charge in [0.2, 0.25) is 0 Å². The van der Waals surface area contributed by atoms with Gasteiger partial charge in [0, 0.05) is 31.2 Å². The Hall–Kier alpha value is -0.120. The third-order valence-electron chi connectivity index (χ3n) is 5.19. The van der Waals surface area contributed by atoms with Gasteiger partial charge in [0.25, 0.3) is 0 Å². The quantitative estimate of drug-likeness (QED) is 0.798. The summed E-state index contributed by atoms with van der Waals surface area (Å²) in [6.45, 7) is 11.1. The van der Waals surface area contributed by atoms with E-state index in [9.17, 15) is 0 Å². The highest BCUT2D eigenvalue weighted by molar-refractivity contribution is 5.06. The first kappa shape index (κ1) is 13.8. The van der Waals surface area contributed by atoms with Crippen LogP contribution >= 0.6 is 0 Å². The molecule has 0 aromatic heterocycles. The van der Waals surface area contributed by atoms with Crippen LogP contribution in [-0.4, -0.2) is 48.8 Å². The fraction of sp³-hybridized carbons (Fsp3) is 1.00. The molecule has 2 atom stereocenters. The molecule has 110 valence electrons. The van der Waals surface area contributed by atoms with E-state index in [4.69, 9.17) is 4.74 Å². The lowest BCUT2D eigenvalue weighted by Crippen LogP contribution is -2.64. The predicted molar refractivity (Wildman–Crippen MR) is 78.3 cm³/mol. The van der Waals surface area contributed by atoms with Gasteiger partial charge in [-0.2, -0.15) is 0 Å². The van der Waals surface area contributed by atoms with E-state index in [1.807, 2.05) is 0 Å². The first-order valence-corrected chi connectivity index (χ1v) is 8.19. The van der Waals surface area contributed by atoms with E-state index >= 15 is 0 Å². The van der Waals surface area contributed by atoms with E-state index in [2.05, 4.69) is 31.0 Å². The van der Waals surface area contributed by atoms with Crippen LogP contribution in [0.25, 0.3) is 0 Å². The average Bonchev–Trinajstić information content (AvgIpc) is 3.20. The van der Waals surface area contributed by atoms with Crippen LogP contribution in [0.15, 0.2) is 0 Å². The molecule has 0 spiro atoms. The molecule has 2 saturated carbocycles. The van der Waals surface area contributed by atoms with Crippen molar-refractivity contribution in [1.29, 1.82) is 0 Å². The maximum atomic E-state index is 5.78. The predicted octanol–water partition coefficient (Wildman–Crippen LogP) is 2.26. The summed E-state index contributed by atoms with van der Waals surface area (Å²) in [4.78, 5) is 2.73. The molecule has 0 bridgehead atoms.